The van der Waals surface area contributed by atoms with Gasteiger partial charge >= 0.3 is 0 Å². The van der Waals surface area contributed by atoms with Crippen molar-refractivity contribution in [1.29, 1.82) is 0 Å². The van der Waals surface area contributed by atoms with Crippen molar-refractivity contribution in [2.75, 3.05) is 6.54 Å². The van der Waals surface area contributed by atoms with Gasteiger partial charge in [0.15, 0.2) is 0 Å². The van der Waals surface area contributed by atoms with E-state index >= 15 is 0 Å². The zero-order valence-electron chi connectivity index (χ0n) is 12.1. The molecule has 2 bridgehead atoms. The number of nitrogens with two attached hydrogens (primary N) is 1. The molecule has 2 nitrogen and oxygen atoms in total. The van der Waals surface area contributed by atoms with E-state index in [1.807, 2.05) is 11.3 Å². The summed E-state index contributed by atoms with van der Waals surface area (Å²) in [6.07, 6.45) is 6.52. The van der Waals surface area contributed by atoms with E-state index in [4.69, 9.17) is 5.73 Å². The first-order valence-corrected chi connectivity index (χ1v) is 8.49. The highest BCUT2D eigenvalue weighted by atomic mass is 32.1. The molecule has 0 amide bonds. The molecular formula is C16H26N2S. The molecule has 0 radical (unpaired) electrons. The highest BCUT2D eigenvalue weighted by Gasteiger charge is 2.39. The van der Waals surface area contributed by atoms with Crippen molar-refractivity contribution >= 4 is 11.3 Å². The predicted molar refractivity (Wildman–Crippen MR) is 82.7 cm³/mol. The first kappa shape index (κ1) is 13.6. The topological polar surface area (TPSA) is 29.3 Å². The number of piperidine rings is 2. The molecule has 1 aromatic rings. The smallest absolute Gasteiger partial charge is 0.0118 e. The van der Waals surface area contributed by atoms with E-state index in [0.717, 1.165) is 12.1 Å². The second-order valence-corrected chi connectivity index (χ2v) is 7.95. The quantitative estimate of drug-likeness (QED) is 0.918. The van der Waals surface area contributed by atoms with Crippen LogP contribution in [0.1, 0.15) is 50.8 Å². The van der Waals surface area contributed by atoms with E-state index in [1.54, 1.807) is 0 Å². The lowest BCUT2D eigenvalue weighted by atomic mass is 9.79. The molecule has 3 heteroatoms. The van der Waals surface area contributed by atoms with Crippen molar-refractivity contribution in [1.82, 2.24) is 4.90 Å². The average Bonchev–Trinajstić information content (AvgIpc) is 2.84. The minimum absolute atomic E-state index is 0.267. The molecule has 3 heterocycles. The standard InChI is InChI=1S/C16H26N2S/c1-16(2,15-7-4-8-19-15)11-18-13-5-3-6-14(18)10-12(17)9-13/h4,7-8,12-14H,3,5-6,9-11,17H2,1-2H3. The van der Waals surface area contributed by atoms with Gasteiger partial charge in [-0.3, -0.25) is 4.90 Å². The van der Waals surface area contributed by atoms with Crippen LogP contribution in [0.5, 0.6) is 0 Å². The van der Waals surface area contributed by atoms with Gasteiger partial charge in [0, 0.05) is 35.0 Å². The van der Waals surface area contributed by atoms with Crippen LogP contribution in [-0.2, 0) is 5.41 Å². The largest absolute Gasteiger partial charge is 0.328 e. The Morgan fingerprint density at radius 2 is 2.00 bits per heavy atom. The summed E-state index contributed by atoms with van der Waals surface area (Å²) in [5.74, 6) is 0. The summed E-state index contributed by atoms with van der Waals surface area (Å²) in [6.45, 7) is 5.97. The lowest BCUT2D eigenvalue weighted by molar-refractivity contribution is 0.0169. The van der Waals surface area contributed by atoms with Crippen LogP contribution in [-0.4, -0.2) is 29.6 Å². The Morgan fingerprint density at radius 3 is 2.58 bits per heavy atom. The lowest BCUT2D eigenvalue weighted by Gasteiger charge is -2.50. The Bertz CT molecular complexity index is 398. The third kappa shape index (κ3) is 2.74. The van der Waals surface area contributed by atoms with Crippen LogP contribution in [0.4, 0.5) is 0 Å². The van der Waals surface area contributed by atoms with Crippen molar-refractivity contribution in [3.63, 3.8) is 0 Å². The third-order valence-electron chi connectivity index (χ3n) is 4.93. The molecule has 2 saturated heterocycles. The van der Waals surface area contributed by atoms with Crippen LogP contribution in [0.2, 0.25) is 0 Å². The van der Waals surface area contributed by atoms with Crippen LogP contribution >= 0.6 is 11.3 Å². The molecule has 19 heavy (non-hydrogen) atoms. The number of hydrogen-bond donors (Lipinski definition) is 1. The van der Waals surface area contributed by atoms with Gasteiger partial charge < -0.3 is 5.73 Å². The zero-order chi connectivity index (χ0) is 13.5. The van der Waals surface area contributed by atoms with Crippen LogP contribution in [0, 0.1) is 0 Å². The fourth-order valence-electron chi connectivity index (χ4n) is 3.98. The number of nitrogens with zero attached hydrogens (tertiary/aromatic N) is 1. The second-order valence-electron chi connectivity index (χ2n) is 7.00. The highest BCUT2D eigenvalue weighted by molar-refractivity contribution is 7.10. The van der Waals surface area contributed by atoms with Crippen molar-refractivity contribution < 1.29 is 0 Å². The van der Waals surface area contributed by atoms with Gasteiger partial charge in [0.2, 0.25) is 0 Å². The van der Waals surface area contributed by atoms with E-state index < -0.39 is 0 Å². The Morgan fingerprint density at radius 1 is 1.32 bits per heavy atom. The molecule has 0 aromatic carbocycles. The maximum Gasteiger partial charge on any atom is 0.0118 e. The Labute approximate surface area is 121 Å². The van der Waals surface area contributed by atoms with Crippen LogP contribution in [0.25, 0.3) is 0 Å². The summed E-state index contributed by atoms with van der Waals surface area (Å²) in [5, 5.41) is 2.20. The average molecular weight is 278 g/mol. The first-order valence-electron chi connectivity index (χ1n) is 7.61. The van der Waals surface area contributed by atoms with Crippen molar-refractivity contribution in [2.24, 2.45) is 5.73 Å². The zero-order valence-corrected chi connectivity index (χ0v) is 13.0. The van der Waals surface area contributed by atoms with Crippen molar-refractivity contribution in [2.45, 2.75) is 69.5 Å². The van der Waals surface area contributed by atoms with Gasteiger partial charge in [-0.2, -0.15) is 0 Å². The van der Waals surface area contributed by atoms with Gasteiger partial charge in [-0.25, -0.2) is 0 Å². The molecule has 0 spiro atoms. The number of hydrogen-bond acceptors (Lipinski definition) is 3. The fraction of sp³-hybridized carbons (Fsp3) is 0.750. The summed E-state index contributed by atoms with van der Waals surface area (Å²) >= 11 is 1.90. The summed E-state index contributed by atoms with van der Waals surface area (Å²) in [6, 6.07) is 6.38. The number of rotatable bonds is 3. The molecule has 2 aliphatic heterocycles. The molecule has 2 atom stereocenters. The minimum atomic E-state index is 0.267. The molecule has 2 fully saturated rings. The fourth-order valence-corrected chi connectivity index (χ4v) is 4.82. The number of fused-ring (bicyclic) bond motifs is 2. The summed E-state index contributed by atoms with van der Waals surface area (Å²) < 4.78 is 0. The second kappa shape index (κ2) is 5.19. The molecule has 106 valence electrons. The molecule has 2 unspecified atom stereocenters. The van der Waals surface area contributed by atoms with E-state index in [9.17, 15) is 0 Å². The predicted octanol–water partition coefficient (Wildman–Crippen LogP) is 3.37. The Hall–Kier alpha value is -0.380. The maximum absolute atomic E-state index is 6.22. The molecule has 0 saturated carbocycles. The van der Waals surface area contributed by atoms with E-state index in [0.29, 0.717) is 6.04 Å². The van der Waals surface area contributed by atoms with E-state index in [1.165, 1.54) is 43.5 Å². The molecule has 2 aliphatic rings. The van der Waals surface area contributed by atoms with E-state index in [-0.39, 0.29) is 5.41 Å². The molecule has 1 aromatic heterocycles. The number of thiophene rings is 1. The molecular weight excluding hydrogens is 252 g/mol. The third-order valence-corrected chi connectivity index (χ3v) is 6.16. The van der Waals surface area contributed by atoms with Gasteiger partial charge in [-0.1, -0.05) is 26.3 Å². The highest BCUT2D eigenvalue weighted by Crippen LogP contribution is 2.37. The van der Waals surface area contributed by atoms with Gasteiger partial charge in [0.1, 0.15) is 0 Å². The Balaban J connectivity index is 1.75. The maximum atomic E-state index is 6.22. The Kier molecular flexibility index (Phi) is 3.71. The SMILES string of the molecule is CC(C)(CN1C2CCCC1CC(N)C2)c1cccs1. The molecule has 0 aliphatic carbocycles. The lowest BCUT2D eigenvalue weighted by Crippen LogP contribution is -2.57. The molecule has 3 rings (SSSR count). The van der Waals surface area contributed by atoms with Gasteiger partial charge in [-0.05, 0) is 37.1 Å². The van der Waals surface area contributed by atoms with Gasteiger partial charge in [-0.15, -0.1) is 11.3 Å². The first-order chi connectivity index (χ1) is 9.06. The monoisotopic (exact) mass is 278 g/mol. The summed E-state index contributed by atoms with van der Waals surface area (Å²) in [5.41, 5.74) is 6.49. The molecule has 2 N–H and O–H groups in total. The minimum Gasteiger partial charge on any atom is -0.328 e. The van der Waals surface area contributed by atoms with Gasteiger partial charge in [0.25, 0.3) is 0 Å². The van der Waals surface area contributed by atoms with Crippen LogP contribution < -0.4 is 5.73 Å². The van der Waals surface area contributed by atoms with Gasteiger partial charge in [0.05, 0.1) is 0 Å². The van der Waals surface area contributed by atoms with E-state index in [2.05, 4.69) is 36.3 Å². The van der Waals surface area contributed by atoms with Crippen LogP contribution in [0.3, 0.4) is 0 Å². The van der Waals surface area contributed by atoms with Crippen molar-refractivity contribution in [3.05, 3.63) is 22.4 Å². The summed E-state index contributed by atoms with van der Waals surface area (Å²) in [4.78, 5) is 4.30. The van der Waals surface area contributed by atoms with Crippen molar-refractivity contribution in [3.8, 4) is 0 Å². The van der Waals surface area contributed by atoms with Crippen LogP contribution in [0.15, 0.2) is 17.5 Å². The summed E-state index contributed by atoms with van der Waals surface area (Å²) in [7, 11) is 0. The normalized spacial score (nSPS) is 32.5.